The molecule has 0 heterocycles. The van der Waals surface area contributed by atoms with E-state index in [4.69, 9.17) is 49.5 Å². The van der Waals surface area contributed by atoms with E-state index in [0.717, 1.165) is 58.4 Å². The predicted molar refractivity (Wildman–Crippen MR) is 435 cm³/mol. The highest BCUT2D eigenvalue weighted by molar-refractivity contribution is 6.62. The molecule has 27 heteroatoms. The summed E-state index contributed by atoms with van der Waals surface area (Å²) in [5, 5.41) is 28.7. The summed E-state index contributed by atoms with van der Waals surface area (Å²) in [6, 6.07) is 33.5. The average molecular weight is 1630 g/mol. The van der Waals surface area contributed by atoms with Gasteiger partial charge in [0.05, 0.1) is 23.0 Å². The zero-order valence-corrected chi connectivity index (χ0v) is 70.0. The van der Waals surface area contributed by atoms with E-state index in [1.54, 1.807) is 109 Å². The third kappa shape index (κ3) is 21.0. The van der Waals surface area contributed by atoms with Crippen LogP contribution in [0.5, 0.6) is 0 Å². The van der Waals surface area contributed by atoms with Gasteiger partial charge in [-0.05, 0) is 166 Å². The minimum atomic E-state index is -2.34. The third-order valence-corrected chi connectivity index (χ3v) is 24.6. The lowest BCUT2D eigenvalue weighted by Crippen LogP contribution is -2.78. The van der Waals surface area contributed by atoms with Crippen LogP contribution in [-0.4, -0.2) is 236 Å². The Labute approximate surface area is 686 Å². The van der Waals surface area contributed by atoms with Crippen LogP contribution >= 0.6 is 11.6 Å². The largest absolute Gasteiger partial charge is 0.458 e. The molecule has 0 saturated heterocycles. The highest BCUT2D eigenvalue weighted by Crippen LogP contribution is 2.67. The van der Waals surface area contributed by atoms with E-state index >= 15 is 9.59 Å². The lowest BCUT2D eigenvalue weighted by Gasteiger charge is -2.68. The molecule has 26 nitrogen and oxygen atoms in total. The molecular weight excluding hydrogens is 1510 g/mol. The van der Waals surface area contributed by atoms with E-state index in [2.05, 4.69) is 47.8 Å². The molecule has 3 saturated carbocycles. The van der Waals surface area contributed by atoms with Crippen molar-refractivity contribution in [1.82, 2.24) is 29.8 Å². The maximum atomic E-state index is 15.7. The third-order valence-electron chi connectivity index (χ3n) is 24.3. The standard InChI is InChI=1S/C56H72N2O15.C19H22N2O2.C14H23ClN2O3/c1-33(37-21-15-13-16-22-37)44(71-52(66)58(9)30-29-57(8)51(65)69-40-25-19-11-10-12-20-26-40)50(64)70-41-32-56(67)48(72-49(63)38-23-17-14-18-24-38)46-54(7,42(61)31-39-27-28-55(39,46)73-36(4)60)47(62)45(68-35(3)59)43(34(41)2)53(56,5)6;1-20-11-12-21(2)19(22)23-13-18-16-9-5-3-7-14(16)15-8-4-6-10-17(15)18;1-16(13(15)18)10-11-17(2)14(19)20-12-8-6-4-3-5-7-9-12/h13-19,21-25,33,39-42,44-46,48,61,67H,10-12,20,26-32H2,1-9H3;3-10,18,20H,11-13H2,1-2H3;6,8,12H,3-5,7,9-11H2,1-2H3/b25-19+;;8-6+/t33-,39+,40?,41-,42-,44+,45+,46?,48-,54+,55-,56+;;/m0../s1. The minimum Gasteiger partial charge on any atom is -0.458 e. The molecular formula is C89H117ClN6O20. The molecule has 0 radical (unpaired) electrons. The second-order valence-electron chi connectivity index (χ2n) is 32.4. The Morgan fingerprint density at radius 2 is 1.13 bits per heavy atom. The summed E-state index contributed by atoms with van der Waals surface area (Å²) >= 11 is 5.32. The number of halogens is 1. The van der Waals surface area contributed by atoms with Crippen molar-refractivity contribution < 1.29 is 96.1 Å². The van der Waals surface area contributed by atoms with E-state index in [1.807, 2.05) is 37.4 Å². The number of carbonyl (C=O) groups is 10. The maximum absolute atomic E-state index is 15.7. The van der Waals surface area contributed by atoms with Crippen molar-refractivity contribution >= 4 is 71.0 Å². The number of nitrogens with one attached hydrogen (secondary N) is 1. The summed E-state index contributed by atoms with van der Waals surface area (Å²) in [5.41, 5.74) is -1.59. The fourth-order valence-corrected chi connectivity index (χ4v) is 17.3. The molecule has 11 rings (SSSR count). The molecule has 3 unspecified atom stereocenters. The first-order chi connectivity index (χ1) is 55.2. The van der Waals surface area contributed by atoms with E-state index < -0.39 is 124 Å². The first kappa shape index (κ1) is 90.3. The number of hydrogen-bond acceptors (Lipinski definition) is 21. The molecule has 116 heavy (non-hydrogen) atoms. The number of carbonyl (C=O) groups excluding carboxylic acids is 10. The van der Waals surface area contributed by atoms with Gasteiger partial charge in [0.2, 0.25) is 6.10 Å². The van der Waals surface area contributed by atoms with Gasteiger partial charge in [-0.25, -0.2) is 28.8 Å². The number of amides is 5. The van der Waals surface area contributed by atoms with Gasteiger partial charge in [0.15, 0.2) is 11.9 Å². The van der Waals surface area contributed by atoms with E-state index in [-0.39, 0.29) is 73.0 Å². The number of ether oxygens (including phenoxy) is 8. The Kier molecular flexibility index (Phi) is 31.5. The van der Waals surface area contributed by atoms with Gasteiger partial charge in [-0.3, -0.25) is 19.2 Å². The van der Waals surface area contributed by atoms with Gasteiger partial charge in [0.1, 0.15) is 42.2 Å². The molecule has 13 atom stereocenters. The molecule has 0 aliphatic heterocycles. The van der Waals surface area contributed by atoms with Crippen molar-refractivity contribution in [3.05, 3.63) is 167 Å². The van der Waals surface area contributed by atoms with Crippen LogP contribution in [0.2, 0.25) is 0 Å². The number of allylic oxidation sites excluding steroid dienone is 2. The monoisotopic (exact) mass is 1620 g/mol. The van der Waals surface area contributed by atoms with Gasteiger partial charge >= 0.3 is 53.6 Å². The summed E-state index contributed by atoms with van der Waals surface area (Å²) in [6.45, 7) is 12.9. The summed E-state index contributed by atoms with van der Waals surface area (Å²) < 4.78 is 47.9. The van der Waals surface area contributed by atoms with Crippen LogP contribution in [0.1, 0.15) is 177 Å². The van der Waals surface area contributed by atoms with Crippen LogP contribution in [0, 0.1) is 22.7 Å². The van der Waals surface area contributed by atoms with Crippen molar-refractivity contribution in [3.8, 4) is 11.1 Å². The Morgan fingerprint density at radius 3 is 1.65 bits per heavy atom. The van der Waals surface area contributed by atoms with Crippen molar-refractivity contribution in [2.45, 2.75) is 204 Å². The summed E-state index contributed by atoms with van der Waals surface area (Å²) in [5.74, 6) is -6.95. The fraction of sp³-hybridized carbons (Fsp3) is 0.551. The zero-order chi connectivity index (χ0) is 84.4. The summed E-state index contributed by atoms with van der Waals surface area (Å²) in [7, 11) is 9.89. The first-order valence-corrected chi connectivity index (χ1v) is 40.8. The number of Topliss-reactive ketones (excluding diaryl/α,β-unsaturated/α-hetero) is 1. The lowest BCUT2D eigenvalue weighted by molar-refractivity contribution is -0.296. The predicted octanol–water partition coefficient (Wildman–Crippen LogP) is 13.7. The Bertz CT molecular complexity index is 4170. The number of esters is 4. The molecule has 4 aromatic rings. The summed E-state index contributed by atoms with van der Waals surface area (Å²) in [6.07, 6.45) is 7.58. The van der Waals surface area contributed by atoms with Gasteiger partial charge in [-0.15, -0.1) is 0 Å². The number of rotatable bonds is 22. The van der Waals surface area contributed by atoms with Crippen LogP contribution in [-0.2, 0) is 57.1 Å². The van der Waals surface area contributed by atoms with E-state index in [0.29, 0.717) is 44.6 Å². The molecule has 5 amide bonds. The molecule has 0 spiro atoms. The Hall–Kier alpha value is -9.63. The lowest BCUT2D eigenvalue weighted by atomic mass is 9.41. The van der Waals surface area contributed by atoms with Crippen molar-refractivity contribution in [2.24, 2.45) is 22.7 Å². The number of benzene rings is 4. The highest BCUT2D eigenvalue weighted by atomic mass is 35.5. The molecule has 630 valence electrons. The Balaban J connectivity index is 0.000000287. The van der Waals surface area contributed by atoms with Gasteiger partial charge < -0.3 is 77.9 Å². The van der Waals surface area contributed by atoms with Crippen LogP contribution in [0.25, 0.3) is 11.1 Å². The molecule has 2 bridgehead atoms. The number of likely N-dealkylation sites (N-methyl/N-ethyl adjacent to an activating group) is 6. The Morgan fingerprint density at radius 1 is 0.612 bits per heavy atom. The topological polar surface area (TPSA) is 313 Å². The first-order valence-electron chi connectivity index (χ1n) is 40.4. The maximum Gasteiger partial charge on any atom is 0.410 e. The molecule has 4 aromatic carbocycles. The second kappa shape index (κ2) is 40.5. The highest BCUT2D eigenvalue weighted by Gasteiger charge is 2.77. The number of fused-ring (bicyclic) bond motifs is 8. The fourth-order valence-electron chi connectivity index (χ4n) is 17.2. The molecule has 3 N–H and O–H groups in total. The van der Waals surface area contributed by atoms with Gasteiger partial charge in [-0.2, -0.15) is 0 Å². The van der Waals surface area contributed by atoms with Crippen molar-refractivity contribution in [2.75, 3.05) is 88.2 Å². The number of aliphatic hydroxyl groups excluding tert-OH is 1. The minimum absolute atomic E-state index is 0.00149. The molecule has 7 aliphatic rings. The normalized spacial score (nSPS) is 25.9. The number of aliphatic hydroxyl groups is 2. The zero-order valence-electron chi connectivity index (χ0n) is 69.3. The van der Waals surface area contributed by atoms with Gasteiger partial charge in [0, 0.05) is 118 Å². The summed E-state index contributed by atoms with van der Waals surface area (Å²) in [4.78, 5) is 141. The van der Waals surface area contributed by atoms with Gasteiger partial charge in [0.25, 0.3) is 0 Å². The van der Waals surface area contributed by atoms with E-state index in [9.17, 15) is 48.6 Å². The number of hydrogen-bond donors (Lipinski definition) is 3. The van der Waals surface area contributed by atoms with Crippen LogP contribution in [0.3, 0.4) is 0 Å². The number of nitrogens with zero attached hydrogens (tertiary/aromatic N) is 5. The SMILES string of the molecule is CC(=O)O[C@H]1C(=O)[C@@]2(C)C([C@H](OC(=O)c3ccccc3)[C@]3(O)C[C@H](OC(=O)[C@H](OC(=O)N(C)CCN(C)C(=O)OC4/C=C/CCCCC4)[C@@H](C)c4ccccc4)C(C)=C1C3(C)C)[C@]1(OC(C)=O)CC[C@@H]1C[C@@H]2O.CN(CCN(C)C(=O)OC1/C=C/CCCCC1)C(=O)Cl.CNCCN(C)C(=O)OCC1c2ccccc2-c2ccccc21. The number of ketones is 1. The molecule has 0 aromatic heterocycles. The smallest absolute Gasteiger partial charge is 0.410 e. The second-order valence-corrected chi connectivity index (χ2v) is 32.7. The van der Waals surface area contributed by atoms with Crippen molar-refractivity contribution in [3.63, 3.8) is 0 Å². The van der Waals surface area contributed by atoms with Crippen LogP contribution in [0.15, 0.2) is 145 Å². The van der Waals surface area contributed by atoms with Crippen LogP contribution in [0.4, 0.5) is 24.0 Å². The van der Waals surface area contributed by atoms with Gasteiger partial charge in [-0.1, -0.05) is 143 Å². The molecule has 7 aliphatic carbocycles. The van der Waals surface area contributed by atoms with Crippen LogP contribution < -0.4 is 5.32 Å². The van der Waals surface area contributed by atoms with E-state index in [1.165, 1.54) is 87.7 Å². The quantitative estimate of drug-likeness (QED) is 0.0216. The van der Waals surface area contributed by atoms with Crippen molar-refractivity contribution in [1.29, 1.82) is 0 Å². The molecule has 3 fully saturated rings. The average Bonchev–Trinajstić information content (AvgIpc) is 0.741.